The molecule has 106 valence electrons. The maximum absolute atomic E-state index is 6.77. The Hall–Kier alpha value is -0.410. The first-order valence-electron chi connectivity index (χ1n) is 7.86. The molecule has 1 saturated carbocycles. The number of thiazole rings is 1. The molecule has 2 unspecified atom stereocenters. The van der Waals surface area contributed by atoms with Gasteiger partial charge in [0.2, 0.25) is 0 Å². The largest absolute Gasteiger partial charge is 0.319 e. The molecule has 19 heavy (non-hydrogen) atoms. The molecule has 3 heteroatoms. The molecular formula is C16H26N2S. The van der Waals surface area contributed by atoms with Crippen LogP contribution in [-0.2, 0) is 18.4 Å². The number of hydrogen-bond acceptors (Lipinski definition) is 3. The number of aryl methyl sites for hydroxylation is 2. The number of nitrogens with two attached hydrogens (primary N) is 1. The highest BCUT2D eigenvalue weighted by molar-refractivity contribution is 7.11. The average Bonchev–Trinajstić information content (AvgIpc) is 2.83. The molecule has 3 rings (SSSR count). The lowest BCUT2D eigenvalue weighted by molar-refractivity contribution is 0.183. The van der Waals surface area contributed by atoms with E-state index in [9.17, 15) is 0 Å². The third-order valence-electron chi connectivity index (χ3n) is 5.04. The highest BCUT2D eigenvalue weighted by Gasteiger charge is 2.38. The fourth-order valence-corrected chi connectivity index (χ4v) is 4.97. The minimum Gasteiger partial charge on any atom is -0.319 e. The number of fused-ring (bicyclic) bond motifs is 1. The van der Waals surface area contributed by atoms with Crippen LogP contribution in [-0.4, -0.2) is 4.98 Å². The Bertz CT molecular complexity index is 428. The zero-order valence-corrected chi connectivity index (χ0v) is 13.1. The van der Waals surface area contributed by atoms with Crippen molar-refractivity contribution in [1.29, 1.82) is 0 Å². The maximum Gasteiger partial charge on any atom is 0.113 e. The molecule has 0 radical (unpaired) electrons. The van der Waals surface area contributed by atoms with E-state index in [2.05, 4.69) is 13.8 Å². The van der Waals surface area contributed by atoms with Crippen molar-refractivity contribution < 1.29 is 0 Å². The summed E-state index contributed by atoms with van der Waals surface area (Å²) in [5.41, 5.74) is 8.00. The van der Waals surface area contributed by atoms with Crippen LogP contribution in [0.4, 0.5) is 0 Å². The first kappa shape index (κ1) is 13.6. The number of hydrogen-bond donors (Lipinski definition) is 1. The first-order valence-corrected chi connectivity index (χ1v) is 8.68. The number of nitrogens with zero attached hydrogens (tertiary/aromatic N) is 1. The maximum atomic E-state index is 6.77. The second-order valence-electron chi connectivity index (χ2n) is 6.85. The average molecular weight is 278 g/mol. The summed E-state index contributed by atoms with van der Waals surface area (Å²) in [5, 5.41) is 1.24. The Labute approximate surface area is 120 Å². The fourth-order valence-electron chi connectivity index (χ4n) is 3.68. The van der Waals surface area contributed by atoms with Gasteiger partial charge in [0.25, 0.3) is 0 Å². The van der Waals surface area contributed by atoms with Crippen LogP contribution in [0.15, 0.2) is 0 Å². The van der Waals surface area contributed by atoms with E-state index in [0.29, 0.717) is 0 Å². The van der Waals surface area contributed by atoms with Gasteiger partial charge < -0.3 is 5.73 Å². The normalized spacial score (nSPS) is 31.5. The predicted molar refractivity (Wildman–Crippen MR) is 81.4 cm³/mol. The van der Waals surface area contributed by atoms with E-state index in [1.54, 1.807) is 0 Å². The van der Waals surface area contributed by atoms with E-state index in [4.69, 9.17) is 10.7 Å². The topological polar surface area (TPSA) is 38.9 Å². The second kappa shape index (κ2) is 5.17. The van der Waals surface area contributed by atoms with E-state index < -0.39 is 0 Å². The minimum atomic E-state index is -0.130. The van der Waals surface area contributed by atoms with Crippen LogP contribution < -0.4 is 5.73 Å². The zero-order valence-electron chi connectivity index (χ0n) is 12.2. The molecule has 1 aromatic rings. The summed E-state index contributed by atoms with van der Waals surface area (Å²) in [4.78, 5) is 6.46. The summed E-state index contributed by atoms with van der Waals surface area (Å²) in [5.74, 6) is 1.53. The van der Waals surface area contributed by atoms with Gasteiger partial charge in [0.05, 0.1) is 11.2 Å². The van der Waals surface area contributed by atoms with Gasteiger partial charge in [-0.15, -0.1) is 11.3 Å². The summed E-state index contributed by atoms with van der Waals surface area (Å²) in [6, 6.07) is 0. The molecular weight excluding hydrogens is 252 g/mol. The molecule has 0 amide bonds. The lowest BCUT2D eigenvalue weighted by Crippen LogP contribution is -2.42. The molecule has 2 aliphatic carbocycles. The van der Waals surface area contributed by atoms with Gasteiger partial charge in [-0.25, -0.2) is 4.98 Å². The van der Waals surface area contributed by atoms with Gasteiger partial charge in [-0.05, 0) is 50.4 Å². The van der Waals surface area contributed by atoms with Crippen molar-refractivity contribution in [2.75, 3.05) is 0 Å². The van der Waals surface area contributed by atoms with E-state index in [0.717, 1.165) is 24.7 Å². The highest BCUT2D eigenvalue weighted by Crippen LogP contribution is 2.43. The van der Waals surface area contributed by atoms with E-state index in [1.807, 2.05) is 11.3 Å². The molecule has 2 N–H and O–H groups in total. The molecule has 1 fully saturated rings. The second-order valence-corrected chi connectivity index (χ2v) is 7.94. The SMILES string of the molecule is CC(C)C1CCCC(N)(c2nc3c(s2)CCCC3)C1. The summed E-state index contributed by atoms with van der Waals surface area (Å²) >= 11 is 1.92. The van der Waals surface area contributed by atoms with E-state index in [-0.39, 0.29) is 5.54 Å². The monoisotopic (exact) mass is 278 g/mol. The van der Waals surface area contributed by atoms with Crippen LogP contribution in [0.3, 0.4) is 0 Å². The predicted octanol–water partition coefficient (Wildman–Crippen LogP) is 4.02. The van der Waals surface area contributed by atoms with Crippen molar-refractivity contribution >= 4 is 11.3 Å². The molecule has 1 heterocycles. The van der Waals surface area contributed by atoms with Gasteiger partial charge in [0, 0.05) is 4.88 Å². The molecule has 0 aliphatic heterocycles. The smallest absolute Gasteiger partial charge is 0.113 e. The summed E-state index contributed by atoms with van der Waals surface area (Å²) < 4.78 is 0. The third kappa shape index (κ3) is 2.59. The third-order valence-corrected chi connectivity index (χ3v) is 6.42. The van der Waals surface area contributed by atoms with Crippen molar-refractivity contribution in [3.63, 3.8) is 0 Å². The highest BCUT2D eigenvalue weighted by atomic mass is 32.1. The Morgan fingerprint density at radius 2 is 2.05 bits per heavy atom. The van der Waals surface area contributed by atoms with Crippen molar-refractivity contribution in [3.05, 3.63) is 15.6 Å². The molecule has 2 aliphatic rings. The van der Waals surface area contributed by atoms with Gasteiger partial charge in [0.1, 0.15) is 5.01 Å². The van der Waals surface area contributed by atoms with Crippen LogP contribution in [0.25, 0.3) is 0 Å². The standard InChI is InChI=1S/C16H26N2S/c1-11(2)12-6-5-9-16(17,10-12)15-18-13-7-3-4-8-14(13)19-15/h11-12H,3-10,17H2,1-2H3. The minimum absolute atomic E-state index is 0.130. The zero-order chi connectivity index (χ0) is 13.5. The van der Waals surface area contributed by atoms with E-state index >= 15 is 0 Å². The van der Waals surface area contributed by atoms with Crippen LogP contribution in [0.5, 0.6) is 0 Å². The molecule has 1 aromatic heterocycles. The van der Waals surface area contributed by atoms with Gasteiger partial charge in [-0.3, -0.25) is 0 Å². The summed E-state index contributed by atoms with van der Waals surface area (Å²) in [7, 11) is 0. The molecule has 0 bridgehead atoms. The number of aromatic nitrogens is 1. The molecule has 2 nitrogen and oxygen atoms in total. The van der Waals surface area contributed by atoms with Crippen molar-refractivity contribution in [2.24, 2.45) is 17.6 Å². The van der Waals surface area contributed by atoms with Crippen molar-refractivity contribution in [2.45, 2.75) is 70.8 Å². The quantitative estimate of drug-likeness (QED) is 0.887. The number of rotatable bonds is 2. The van der Waals surface area contributed by atoms with Crippen molar-refractivity contribution in [1.82, 2.24) is 4.98 Å². The Morgan fingerprint density at radius 3 is 2.79 bits per heavy atom. The summed E-state index contributed by atoms with van der Waals surface area (Å²) in [6.45, 7) is 4.67. The van der Waals surface area contributed by atoms with Crippen LogP contribution in [0.2, 0.25) is 0 Å². The van der Waals surface area contributed by atoms with Crippen molar-refractivity contribution in [3.8, 4) is 0 Å². The Balaban J connectivity index is 1.85. The Morgan fingerprint density at radius 1 is 1.26 bits per heavy atom. The summed E-state index contributed by atoms with van der Waals surface area (Å²) in [6.07, 6.45) is 9.93. The lowest BCUT2D eigenvalue weighted by atomic mass is 9.72. The molecule has 2 atom stereocenters. The van der Waals surface area contributed by atoms with Gasteiger partial charge in [-0.2, -0.15) is 0 Å². The van der Waals surface area contributed by atoms with Gasteiger partial charge >= 0.3 is 0 Å². The lowest BCUT2D eigenvalue weighted by Gasteiger charge is -2.38. The molecule has 0 spiro atoms. The Kier molecular flexibility index (Phi) is 3.69. The van der Waals surface area contributed by atoms with E-state index in [1.165, 1.54) is 54.1 Å². The fraction of sp³-hybridized carbons (Fsp3) is 0.812. The van der Waals surface area contributed by atoms with Crippen LogP contribution >= 0.6 is 11.3 Å². The van der Waals surface area contributed by atoms with Crippen LogP contribution in [0.1, 0.15) is 68.0 Å². The molecule has 0 saturated heterocycles. The van der Waals surface area contributed by atoms with Gasteiger partial charge in [-0.1, -0.05) is 26.7 Å². The molecule has 0 aromatic carbocycles. The van der Waals surface area contributed by atoms with Gasteiger partial charge in [0.15, 0.2) is 0 Å². The van der Waals surface area contributed by atoms with Crippen LogP contribution in [0, 0.1) is 11.8 Å². The first-order chi connectivity index (χ1) is 9.08.